The first-order chi connectivity index (χ1) is 7.65. The maximum absolute atomic E-state index is 11.6. The molecule has 1 amide bonds. The van der Waals surface area contributed by atoms with E-state index in [0.29, 0.717) is 12.6 Å². The summed E-state index contributed by atoms with van der Waals surface area (Å²) in [5.41, 5.74) is 1.58. The van der Waals surface area contributed by atoms with Crippen molar-refractivity contribution in [1.82, 2.24) is 10.3 Å². The molecule has 1 aromatic heterocycles. The molecule has 0 unspecified atom stereocenters. The lowest BCUT2D eigenvalue weighted by Gasteiger charge is -2.08. The molecule has 2 rings (SSSR count). The lowest BCUT2D eigenvalue weighted by atomic mass is 10.3. The van der Waals surface area contributed by atoms with Crippen molar-refractivity contribution in [3.63, 3.8) is 0 Å². The van der Waals surface area contributed by atoms with E-state index in [1.807, 2.05) is 19.1 Å². The number of pyridine rings is 1. The van der Waals surface area contributed by atoms with E-state index in [4.69, 9.17) is 0 Å². The Hall–Kier alpha value is -0.940. The van der Waals surface area contributed by atoms with Crippen molar-refractivity contribution in [3.05, 3.63) is 22.4 Å². The van der Waals surface area contributed by atoms with Crippen molar-refractivity contribution in [2.45, 2.75) is 25.8 Å². The average Bonchev–Trinajstić information content (AvgIpc) is 3.03. The Morgan fingerprint density at radius 1 is 1.56 bits per heavy atom. The number of aromatic nitrogens is 1. The molecule has 1 aliphatic rings. The molecule has 2 N–H and O–H groups in total. The van der Waals surface area contributed by atoms with Gasteiger partial charge in [-0.05, 0) is 47.8 Å². The van der Waals surface area contributed by atoms with Gasteiger partial charge in [-0.15, -0.1) is 0 Å². The lowest BCUT2D eigenvalue weighted by molar-refractivity contribution is -0.115. The van der Waals surface area contributed by atoms with Crippen LogP contribution in [-0.2, 0) is 4.79 Å². The second-order valence-corrected chi connectivity index (χ2v) is 4.78. The van der Waals surface area contributed by atoms with Crippen LogP contribution >= 0.6 is 15.9 Å². The van der Waals surface area contributed by atoms with E-state index < -0.39 is 0 Å². The monoisotopic (exact) mass is 283 g/mol. The van der Waals surface area contributed by atoms with E-state index in [2.05, 4.69) is 31.5 Å². The molecule has 5 heteroatoms. The Kier molecular flexibility index (Phi) is 3.56. The fourth-order valence-electron chi connectivity index (χ4n) is 1.38. The highest BCUT2D eigenvalue weighted by Crippen LogP contribution is 2.18. The molecule has 0 aliphatic heterocycles. The van der Waals surface area contributed by atoms with Gasteiger partial charge >= 0.3 is 0 Å². The fraction of sp³-hybridized carbons (Fsp3) is 0.455. The zero-order chi connectivity index (χ0) is 11.5. The van der Waals surface area contributed by atoms with Crippen LogP contribution in [0.15, 0.2) is 16.7 Å². The summed E-state index contributed by atoms with van der Waals surface area (Å²) in [6.45, 7) is 2.24. The van der Waals surface area contributed by atoms with Crippen molar-refractivity contribution < 1.29 is 4.79 Å². The van der Waals surface area contributed by atoms with Crippen molar-refractivity contribution in [1.29, 1.82) is 0 Å². The minimum Gasteiger partial charge on any atom is -0.323 e. The van der Waals surface area contributed by atoms with Crippen LogP contribution in [0.4, 0.5) is 5.69 Å². The van der Waals surface area contributed by atoms with Crippen LogP contribution in [0.2, 0.25) is 0 Å². The van der Waals surface area contributed by atoms with E-state index in [1.165, 1.54) is 12.8 Å². The summed E-state index contributed by atoms with van der Waals surface area (Å²) in [6.07, 6.45) is 2.37. The molecular formula is C11H14BrN3O. The zero-order valence-electron chi connectivity index (χ0n) is 9.09. The number of carbonyl (C=O) groups is 1. The predicted octanol–water partition coefficient (Wildman–Crippen LogP) is 1.84. The quantitative estimate of drug-likeness (QED) is 0.830. The van der Waals surface area contributed by atoms with E-state index in [9.17, 15) is 4.79 Å². The van der Waals surface area contributed by atoms with Gasteiger partial charge in [0.2, 0.25) is 5.91 Å². The minimum atomic E-state index is -0.0147. The standard InChI is InChI=1S/C11H14BrN3O/c1-7-9(4-5-10(12)14-7)15-11(16)6-13-8-2-3-8/h4-5,8,13H,2-3,6H2,1H3,(H,15,16). The SMILES string of the molecule is Cc1nc(Br)ccc1NC(=O)CNC1CC1. The molecule has 1 fully saturated rings. The van der Waals surface area contributed by atoms with Crippen molar-refractivity contribution >= 4 is 27.5 Å². The predicted molar refractivity (Wildman–Crippen MR) is 66.3 cm³/mol. The summed E-state index contributed by atoms with van der Waals surface area (Å²) in [5.74, 6) is -0.0147. The molecule has 1 heterocycles. The number of aryl methyl sites for hydroxylation is 1. The summed E-state index contributed by atoms with van der Waals surface area (Å²) < 4.78 is 0.777. The summed E-state index contributed by atoms with van der Waals surface area (Å²) in [4.78, 5) is 15.8. The number of nitrogens with zero attached hydrogens (tertiary/aromatic N) is 1. The van der Waals surface area contributed by atoms with Gasteiger partial charge in [-0.1, -0.05) is 0 Å². The van der Waals surface area contributed by atoms with Gasteiger partial charge in [-0.25, -0.2) is 4.98 Å². The Balaban J connectivity index is 1.89. The summed E-state index contributed by atoms with van der Waals surface area (Å²) in [7, 11) is 0. The molecule has 0 bridgehead atoms. The fourth-order valence-corrected chi connectivity index (χ4v) is 1.78. The average molecular weight is 284 g/mol. The Morgan fingerprint density at radius 3 is 2.94 bits per heavy atom. The van der Waals surface area contributed by atoms with E-state index in [1.54, 1.807) is 0 Å². The van der Waals surface area contributed by atoms with E-state index >= 15 is 0 Å². The second-order valence-electron chi connectivity index (χ2n) is 3.97. The molecule has 86 valence electrons. The van der Waals surface area contributed by atoms with Crippen LogP contribution in [0, 0.1) is 6.92 Å². The maximum atomic E-state index is 11.6. The first kappa shape index (κ1) is 11.5. The second kappa shape index (κ2) is 4.93. The number of carbonyl (C=O) groups excluding carboxylic acids is 1. The largest absolute Gasteiger partial charge is 0.323 e. The third kappa shape index (κ3) is 3.28. The van der Waals surface area contributed by atoms with Gasteiger partial charge in [0.15, 0.2) is 0 Å². The van der Waals surface area contributed by atoms with Crippen LogP contribution in [-0.4, -0.2) is 23.5 Å². The summed E-state index contributed by atoms with van der Waals surface area (Å²) in [6, 6.07) is 4.22. The molecule has 1 saturated carbocycles. The number of hydrogen-bond acceptors (Lipinski definition) is 3. The van der Waals surface area contributed by atoms with Crippen molar-refractivity contribution in [2.75, 3.05) is 11.9 Å². The van der Waals surface area contributed by atoms with Crippen LogP contribution in [0.1, 0.15) is 18.5 Å². The highest BCUT2D eigenvalue weighted by Gasteiger charge is 2.21. The molecule has 0 saturated heterocycles. The molecule has 0 atom stereocenters. The first-order valence-electron chi connectivity index (χ1n) is 5.31. The highest BCUT2D eigenvalue weighted by atomic mass is 79.9. The first-order valence-corrected chi connectivity index (χ1v) is 6.11. The number of anilines is 1. The van der Waals surface area contributed by atoms with Crippen LogP contribution in [0.5, 0.6) is 0 Å². The van der Waals surface area contributed by atoms with Gasteiger partial charge in [-0.2, -0.15) is 0 Å². The van der Waals surface area contributed by atoms with E-state index in [-0.39, 0.29) is 5.91 Å². The minimum absolute atomic E-state index is 0.0147. The number of rotatable bonds is 4. The third-order valence-corrected chi connectivity index (χ3v) is 2.90. The molecule has 16 heavy (non-hydrogen) atoms. The Labute approximate surface area is 103 Å². The molecule has 0 spiro atoms. The van der Waals surface area contributed by atoms with Crippen molar-refractivity contribution in [3.8, 4) is 0 Å². The third-order valence-electron chi connectivity index (χ3n) is 2.45. The number of halogens is 1. The van der Waals surface area contributed by atoms with Crippen LogP contribution in [0.25, 0.3) is 0 Å². The normalized spacial score (nSPS) is 14.9. The van der Waals surface area contributed by atoms with Gasteiger partial charge in [0.25, 0.3) is 0 Å². The molecule has 1 aliphatic carbocycles. The molecule has 0 aromatic carbocycles. The molecule has 4 nitrogen and oxygen atoms in total. The van der Waals surface area contributed by atoms with Gasteiger partial charge in [0.1, 0.15) is 4.60 Å². The Morgan fingerprint density at radius 2 is 2.31 bits per heavy atom. The van der Waals surface area contributed by atoms with E-state index in [0.717, 1.165) is 16.0 Å². The number of amides is 1. The van der Waals surface area contributed by atoms with Gasteiger partial charge in [0, 0.05) is 6.04 Å². The van der Waals surface area contributed by atoms with Crippen LogP contribution < -0.4 is 10.6 Å². The van der Waals surface area contributed by atoms with Gasteiger partial charge in [0.05, 0.1) is 17.9 Å². The maximum Gasteiger partial charge on any atom is 0.238 e. The summed E-state index contributed by atoms with van der Waals surface area (Å²) in [5, 5.41) is 6.00. The van der Waals surface area contributed by atoms with Gasteiger partial charge in [-0.3, -0.25) is 4.79 Å². The topological polar surface area (TPSA) is 54.0 Å². The van der Waals surface area contributed by atoms with Crippen LogP contribution in [0.3, 0.4) is 0 Å². The van der Waals surface area contributed by atoms with Gasteiger partial charge < -0.3 is 10.6 Å². The number of hydrogen-bond donors (Lipinski definition) is 2. The molecular weight excluding hydrogens is 270 g/mol. The highest BCUT2D eigenvalue weighted by molar-refractivity contribution is 9.10. The number of nitrogens with one attached hydrogen (secondary N) is 2. The summed E-state index contributed by atoms with van der Waals surface area (Å²) >= 11 is 3.28. The zero-order valence-corrected chi connectivity index (χ0v) is 10.7. The Bertz CT molecular complexity index is 404. The lowest BCUT2D eigenvalue weighted by Crippen LogP contribution is -2.29. The molecule has 1 aromatic rings. The molecule has 0 radical (unpaired) electrons. The smallest absolute Gasteiger partial charge is 0.238 e. The van der Waals surface area contributed by atoms with Crippen molar-refractivity contribution in [2.24, 2.45) is 0 Å².